The summed E-state index contributed by atoms with van der Waals surface area (Å²) in [5.41, 5.74) is 1.13. The highest BCUT2D eigenvalue weighted by Gasteiger charge is 2.25. The highest BCUT2D eigenvalue weighted by molar-refractivity contribution is 5.83. The molecule has 0 saturated carbocycles. The van der Waals surface area contributed by atoms with E-state index < -0.39 is 0 Å². The van der Waals surface area contributed by atoms with Gasteiger partial charge in [-0.05, 0) is 43.3 Å². The molecule has 1 fully saturated rings. The summed E-state index contributed by atoms with van der Waals surface area (Å²) in [6.45, 7) is 7.34. The summed E-state index contributed by atoms with van der Waals surface area (Å²) in [5, 5.41) is 6.53. The second-order valence-electron chi connectivity index (χ2n) is 6.21. The van der Waals surface area contributed by atoms with Crippen LogP contribution >= 0.6 is 0 Å². The summed E-state index contributed by atoms with van der Waals surface area (Å²) in [6, 6.07) is 10.2. The quantitative estimate of drug-likeness (QED) is 0.810. The zero-order chi connectivity index (χ0) is 15.1. The van der Waals surface area contributed by atoms with Gasteiger partial charge in [-0.1, -0.05) is 50.6 Å². The van der Waals surface area contributed by atoms with E-state index in [1.807, 2.05) is 18.2 Å². The summed E-state index contributed by atoms with van der Waals surface area (Å²) < 4.78 is 0. The Kier molecular flexibility index (Phi) is 6.24. The SMILES string of the molecule is CCC(C)C(C(=O)NCCC1CCNC1)c1ccccc1. The molecule has 1 amide bonds. The molecule has 2 rings (SSSR count). The number of nitrogens with one attached hydrogen (secondary N) is 2. The zero-order valence-corrected chi connectivity index (χ0v) is 13.3. The number of hydrogen-bond acceptors (Lipinski definition) is 2. The van der Waals surface area contributed by atoms with Gasteiger partial charge < -0.3 is 10.6 Å². The molecule has 116 valence electrons. The first-order valence-electron chi connectivity index (χ1n) is 8.25. The normalized spacial score (nSPS) is 21.0. The predicted octanol–water partition coefficient (Wildman–Crippen LogP) is 2.93. The Morgan fingerprint density at radius 3 is 2.76 bits per heavy atom. The van der Waals surface area contributed by atoms with E-state index in [0.29, 0.717) is 5.92 Å². The van der Waals surface area contributed by atoms with Crippen LogP contribution in [0.5, 0.6) is 0 Å². The first-order chi connectivity index (χ1) is 10.2. The molecule has 2 N–H and O–H groups in total. The van der Waals surface area contributed by atoms with Gasteiger partial charge in [0.05, 0.1) is 5.92 Å². The molecular formula is C18H28N2O. The van der Waals surface area contributed by atoms with Crippen molar-refractivity contribution < 1.29 is 4.79 Å². The average molecular weight is 288 g/mol. The fourth-order valence-corrected chi connectivity index (χ4v) is 3.10. The summed E-state index contributed by atoms with van der Waals surface area (Å²) >= 11 is 0. The minimum atomic E-state index is -0.0297. The van der Waals surface area contributed by atoms with Gasteiger partial charge in [0.2, 0.25) is 5.91 Å². The third-order valence-corrected chi connectivity index (χ3v) is 4.67. The van der Waals surface area contributed by atoms with Gasteiger partial charge in [-0.25, -0.2) is 0 Å². The number of hydrogen-bond donors (Lipinski definition) is 2. The Balaban J connectivity index is 1.91. The second-order valence-corrected chi connectivity index (χ2v) is 6.21. The zero-order valence-electron chi connectivity index (χ0n) is 13.3. The van der Waals surface area contributed by atoms with Crippen molar-refractivity contribution in [1.82, 2.24) is 10.6 Å². The van der Waals surface area contributed by atoms with Crippen LogP contribution < -0.4 is 10.6 Å². The van der Waals surface area contributed by atoms with Crippen molar-refractivity contribution >= 4 is 5.91 Å². The van der Waals surface area contributed by atoms with E-state index in [-0.39, 0.29) is 11.8 Å². The van der Waals surface area contributed by atoms with Crippen LogP contribution in [0.25, 0.3) is 0 Å². The monoisotopic (exact) mass is 288 g/mol. The van der Waals surface area contributed by atoms with Crippen molar-refractivity contribution in [3.05, 3.63) is 35.9 Å². The van der Waals surface area contributed by atoms with Gasteiger partial charge in [-0.2, -0.15) is 0 Å². The maximum Gasteiger partial charge on any atom is 0.227 e. The molecule has 3 heteroatoms. The maximum absolute atomic E-state index is 12.6. The van der Waals surface area contributed by atoms with E-state index in [9.17, 15) is 4.79 Å². The molecule has 1 aliphatic rings. The Bertz CT molecular complexity index is 426. The Hall–Kier alpha value is -1.35. The van der Waals surface area contributed by atoms with Crippen molar-refractivity contribution in [1.29, 1.82) is 0 Å². The van der Waals surface area contributed by atoms with E-state index in [0.717, 1.165) is 44.0 Å². The molecule has 3 atom stereocenters. The van der Waals surface area contributed by atoms with Crippen LogP contribution in [0.15, 0.2) is 30.3 Å². The second kappa shape index (κ2) is 8.18. The third kappa shape index (κ3) is 4.57. The number of rotatable bonds is 7. The van der Waals surface area contributed by atoms with E-state index in [1.54, 1.807) is 0 Å². The van der Waals surface area contributed by atoms with Gasteiger partial charge in [0.1, 0.15) is 0 Å². The van der Waals surface area contributed by atoms with Crippen molar-refractivity contribution in [3.8, 4) is 0 Å². The van der Waals surface area contributed by atoms with Crippen molar-refractivity contribution in [2.75, 3.05) is 19.6 Å². The molecule has 0 bridgehead atoms. The standard InChI is InChI=1S/C18H28N2O/c1-3-14(2)17(16-7-5-4-6-8-16)18(21)20-12-10-15-9-11-19-13-15/h4-8,14-15,17,19H,3,9-13H2,1-2H3,(H,20,21). The van der Waals surface area contributed by atoms with Crippen LogP contribution in [0, 0.1) is 11.8 Å². The van der Waals surface area contributed by atoms with E-state index in [2.05, 4.69) is 36.6 Å². The molecule has 0 aromatic heterocycles. The molecule has 1 aromatic carbocycles. The topological polar surface area (TPSA) is 41.1 Å². The molecule has 0 spiro atoms. The molecule has 3 unspecified atom stereocenters. The van der Waals surface area contributed by atoms with Crippen molar-refractivity contribution in [2.45, 2.75) is 39.0 Å². The number of carbonyl (C=O) groups is 1. The predicted molar refractivity (Wildman–Crippen MR) is 87.2 cm³/mol. The fraction of sp³-hybridized carbons (Fsp3) is 0.611. The van der Waals surface area contributed by atoms with Gasteiger partial charge in [-0.3, -0.25) is 4.79 Å². The molecule has 1 saturated heterocycles. The third-order valence-electron chi connectivity index (χ3n) is 4.67. The summed E-state index contributed by atoms with van der Waals surface area (Å²) in [4.78, 5) is 12.6. The molecule has 0 aliphatic carbocycles. The van der Waals surface area contributed by atoms with Crippen molar-refractivity contribution in [3.63, 3.8) is 0 Å². The highest BCUT2D eigenvalue weighted by atomic mass is 16.1. The summed E-state index contributed by atoms with van der Waals surface area (Å²) in [5.74, 6) is 1.24. The number of amides is 1. The minimum Gasteiger partial charge on any atom is -0.356 e. The molecule has 3 nitrogen and oxygen atoms in total. The summed E-state index contributed by atoms with van der Waals surface area (Å²) in [6.07, 6.45) is 3.34. The largest absolute Gasteiger partial charge is 0.356 e. The molecule has 1 aromatic rings. The molecule has 1 aliphatic heterocycles. The number of benzene rings is 1. The van der Waals surface area contributed by atoms with Crippen molar-refractivity contribution in [2.24, 2.45) is 11.8 Å². The van der Waals surface area contributed by atoms with Crippen LogP contribution in [0.2, 0.25) is 0 Å². The van der Waals surface area contributed by atoms with Gasteiger partial charge in [0, 0.05) is 6.54 Å². The lowest BCUT2D eigenvalue weighted by Crippen LogP contribution is -2.34. The van der Waals surface area contributed by atoms with Gasteiger partial charge >= 0.3 is 0 Å². The van der Waals surface area contributed by atoms with Crippen LogP contribution in [0.1, 0.15) is 44.6 Å². The van der Waals surface area contributed by atoms with E-state index in [1.165, 1.54) is 6.42 Å². The summed E-state index contributed by atoms with van der Waals surface area (Å²) in [7, 11) is 0. The average Bonchev–Trinajstić information content (AvgIpc) is 3.01. The van der Waals surface area contributed by atoms with E-state index >= 15 is 0 Å². The molecular weight excluding hydrogens is 260 g/mol. The molecule has 1 heterocycles. The van der Waals surface area contributed by atoms with Gasteiger partial charge in [0.25, 0.3) is 0 Å². The van der Waals surface area contributed by atoms with E-state index in [4.69, 9.17) is 0 Å². The molecule has 21 heavy (non-hydrogen) atoms. The smallest absolute Gasteiger partial charge is 0.227 e. The Morgan fingerprint density at radius 2 is 2.14 bits per heavy atom. The van der Waals surface area contributed by atoms with Gasteiger partial charge in [-0.15, -0.1) is 0 Å². The maximum atomic E-state index is 12.6. The fourth-order valence-electron chi connectivity index (χ4n) is 3.10. The molecule has 0 radical (unpaired) electrons. The first-order valence-corrected chi connectivity index (χ1v) is 8.25. The van der Waals surface area contributed by atoms with Crippen LogP contribution in [0.4, 0.5) is 0 Å². The van der Waals surface area contributed by atoms with Crippen LogP contribution in [-0.4, -0.2) is 25.5 Å². The Labute approximate surface area is 128 Å². The Morgan fingerprint density at radius 1 is 1.38 bits per heavy atom. The first kappa shape index (κ1) is 16.0. The lowest BCUT2D eigenvalue weighted by atomic mass is 9.85. The van der Waals surface area contributed by atoms with Crippen LogP contribution in [0.3, 0.4) is 0 Å². The highest BCUT2D eigenvalue weighted by Crippen LogP contribution is 2.27. The minimum absolute atomic E-state index is 0.0297. The lowest BCUT2D eigenvalue weighted by molar-refractivity contribution is -0.123. The van der Waals surface area contributed by atoms with Gasteiger partial charge in [0.15, 0.2) is 0 Å². The lowest BCUT2D eigenvalue weighted by Gasteiger charge is -2.23. The number of carbonyl (C=O) groups excluding carboxylic acids is 1. The van der Waals surface area contributed by atoms with Crippen LogP contribution in [-0.2, 0) is 4.79 Å².